The van der Waals surface area contributed by atoms with Crippen molar-refractivity contribution < 1.29 is 28.2 Å². The number of carbonyl (C=O) groups is 3. The van der Waals surface area contributed by atoms with Gasteiger partial charge in [0.15, 0.2) is 6.61 Å². The van der Waals surface area contributed by atoms with E-state index in [1.54, 1.807) is 51.1 Å². The van der Waals surface area contributed by atoms with Crippen LogP contribution in [0.2, 0.25) is 0 Å². The third kappa shape index (κ3) is 6.68. The summed E-state index contributed by atoms with van der Waals surface area (Å²) in [5, 5.41) is 9.62. The molecule has 3 rings (SSSR count). The van der Waals surface area contributed by atoms with E-state index in [-0.39, 0.29) is 5.92 Å². The Bertz CT molecular complexity index is 1220. The Morgan fingerprint density at radius 1 is 1.08 bits per heavy atom. The minimum atomic E-state index is -0.980. The highest BCUT2D eigenvalue weighted by Crippen LogP contribution is 2.19. The van der Waals surface area contributed by atoms with Gasteiger partial charge in [0.2, 0.25) is 0 Å². The van der Waals surface area contributed by atoms with Crippen molar-refractivity contribution in [2.75, 3.05) is 18.5 Å². The lowest BCUT2D eigenvalue weighted by Gasteiger charge is -2.21. The summed E-state index contributed by atoms with van der Waals surface area (Å²) in [5.41, 5.74) is 1.47. The second-order valence-electron chi connectivity index (χ2n) is 8.34. The van der Waals surface area contributed by atoms with Crippen molar-refractivity contribution in [3.8, 4) is 11.4 Å². The number of halogens is 1. The van der Waals surface area contributed by atoms with Gasteiger partial charge in [-0.05, 0) is 56.2 Å². The summed E-state index contributed by atoms with van der Waals surface area (Å²) in [6.45, 7) is 6.88. The van der Waals surface area contributed by atoms with Gasteiger partial charge in [0.25, 0.3) is 11.8 Å². The highest BCUT2D eigenvalue weighted by molar-refractivity contribution is 5.99. The van der Waals surface area contributed by atoms with Crippen LogP contribution in [0.15, 0.2) is 54.6 Å². The lowest BCUT2D eigenvalue weighted by atomic mass is 10.0. The summed E-state index contributed by atoms with van der Waals surface area (Å²) in [7, 11) is 0. The minimum Gasteiger partial charge on any atom is -0.493 e. The Balaban J connectivity index is 1.63. The molecule has 1 aromatic heterocycles. The molecule has 0 saturated heterocycles. The van der Waals surface area contributed by atoms with Crippen LogP contribution in [0.4, 0.5) is 10.2 Å². The molecule has 0 aliphatic rings. The molecule has 2 amide bonds. The van der Waals surface area contributed by atoms with Gasteiger partial charge in [-0.15, -0.1) is 0 Å². The Morgan fingerprint density at radius 3 is 2.44 bits per heavy atom. The van der Waals surface area contributed by atoms with Crippen molar-refractivity contribution in [2.45, 2.75) is 33.7 Å². The van der Waals surface area contributed by atoms with E-state index in [0.29, 0.717) is 35.1 Å². The largest absolute Gasteiger partial charge is 0.493 e. The van der Waals surface area contributed by atoms with Crippen LogP contribution in [0.5, 0.6) is 5.75 Å². The van der Waals surface area contributed by atoms with E-state index in [1.807, 2.05) is 6.92 Å². The third-order valence-electron chi connectivity index (χ3n) is 5.15. The number of rotatable bonds is 10. The van der Waals surface area contributed by atoms with E-state index in [9.17, 15) is 18.8 Å². The lowest BCUT2D eigenvalue weighted by molar-refractivity contribution is -0.150. The SMILES string of the molecule is CCOc1ccccc1C(=O)N[C@H](C(=O)OCC(=O)Nc1cc(C)nn1-c1ccc(F)cc1)C(C)C. The number of para-hydroxylation sites is 1. The molecular formula is C26H29FN4O5. The van der Waals surface area contributed by atoms with Crippen LogP contribution in [-0.2, 0) is 14.3 Å². The number of benzene rings is 2. The zero-order valence-electron chi connectivity index (χ0n) is 20.6. The van der Waals surface area contributed by atoms with E-state index < -0.39 is 36.2 Å². The molecule has 0 bridgehead atoms. The van der Waals surface area contributed by atoms with Crippen LogP contribution in [-0.4, -0.2) is 46.8 Å². The Labute approximate surface area is 208 Å². The van der Waals surface area contributed by atoms with Crippen LogP contribution >= 0.6 is 0 Å². The smallest absolute Gasteiger partial charge is 0.329 e. The lowest BCUT2D eigenvalue weighted by Crippen LogP contribution is -2.46. The molecule has 0 saturated carbocycles. The maximum absolute atomic E-state index is 13.3. The molecule has 3 aromatic rings. The maximum atomic E-state index is 13.3. The fourth-order valence-corrected chi connectivity index (χ4v) is 3.43. The Kier molecular flexibility index (Phi) is 8.77. The van der Waals surface area contributed by atoms with E-state index in [1.165, 1.54) is 28.9 Å². The zero-order valence-corrected chi connectivity index (χ0v) is 20.6. The Morgan fingerprint density at radius 2 is 1.78 bits per heavy atom. The van der Waals surface area contributed by atoms with Gasteiger partial charge < -0.3 is 20.1 Å². The van der Waals surface area contributed by atoms with E-state index in [0.717, 1.165) is 0 Å². The number of amides is 2. The van der Waals surface area contributed by atoms with Crippen molar-refractivity contribution >= 4 is 23.6 Å². The number of aromatic nitrogens is 2. The molecule has 190 valence electrons. The van der Waals surface area contributed by atoms with Gasteiger partial charge >= 0.3 is 5.97 Å². The van der Waals surface area contributed by atoms with Gasteiger partial charge in [0, 0.05) is 6.07 Å². The highest BCUT2D eigenvalue weighted by Gasteiger charge is 2.28. The number of nitrogens with one attached hydrogen (secondary N) is 2. The number of anilines is 1. The number of ether oxygens (including phenoxy) is 2. The second kappa shape index (κ2) is 12.0. The number of esters is 1. The standard InChI is InChI=1S/C26H29FN4O5/c1-5-35-21-9-7-6-8-20(21)25(33)29-24(16(2)3)26(34)36-15-23(32)28-22-14-17(4)30-31(22)19-12-10-18(27)11-13-19/h6-14,16,24H,5,15H2,1-4H3,(H,28,32)(H,29,33)/t24-/m0/s1. The first kappa shape index (κ1) is 26.4. The van der Waals surface area contributed by atoms with Crippen LogP contribution in [0.25, 0.3) is 5.69 Å². The predicted molar refractivity (Wildman–Crippen MR) is 132 cm³/mol. The van der Waals surface area contributed by atoms with E-state index in [2.05, 4.69) is 15.7 Å². The third-order valence-corrected chi connectivity index (χ3v) is 5.15. The first-order valence-electron chi connectivity index (χ1n) is 11.5. The van der Waals surface area contributed by atoms with Crippen molar-refractivity contribution in [3.05, 3.63) is 71.7 Å². The van der Waals surface area contributed by atoms with Gasteiger partial charge in [0.1, 0.15) is 23.4 Å². The van der Waals surface area contributed by atoms with E-state index >= 15 is 0 Å². The van der Waals surface area contributed by atoms with Crippen LogP contribution in [0.1, 0.15) is 36.8 Å². The van der Waals surface area contributed by atoms with Gasteiger partial charge in [0.05, 0.1) is 23.6 Å². The average molecular weight is 497 g/mol. The van der Waals surface area contributed by atoms with Crippen LogP contribution < -0.4 is 15.4 Å². The normalized spacial score (nSPS) is 11.6. The number of nitrogens with zero attached hydrogens (tertiary/aromatic N) is 2. The Hall–Kier alpha value is -4.21. The molecule has 0 unspecified atom stereocenters. The molecule has 0 aliphatic carbocycles. The molecular weight excluding hydrogens is 467 g/mol. The van der Waals surface area contributed by atoms with Gasteiger partial charge in [-0.25, -0.2) is 13.9 Å². The fraction of sp³-hybridized carbons (Fsp3) is 0.308. The summed E-state index contributed by atoms with van der Waals surface area (Å²) < 4.78 is 25.4. The molecule has 1 atom stereocenters. The topological polar surface area (TPSA) is 112 Å². The molecule has 1 heterocycles. The summed E-state index contributed by atoms with van der Waals surface area (Å²) in [6, 6.07) is 13.0. The van der Waals surface area contributed by atoms with Gasteiger partial charge in [-0.2, -0.15) is 5.10 Å². The van der Waals surface area contributed by atoms with Gasteiger partial charge in [-0.3, -0.25) is 9.59 Å². The molecule has 2 aromatic carbocycles. The van der Waals surface area contributed by atoms with Crippen LogP contribution in [0, 0.1) is 18.7 Å². The molecule has 0 spiro atoms. The number of hydrogen-bond donors (Lipinski definition) is 2. The highest BCUT2D eigenvalue weighted by atomic mass is 19.1. The van der Waals surface area contributed by atoms with Crippen molar-refractivity contribution in [1.82, 2.24) is 15.1 Å². The van der Waals surface area contributed by atoms with Gasteiger partial charge in [-0.1, -0.05) is 26.0 Å². The molecule has 2 N–H and O–H groups in total. The molecule has 0 aliphatic heterocycles. The molecule has 36 heavy (non-hydrogen) atoms. The maximum Gasteiger partial charge on any atom is 0.329 e. The monoisotopic (exact) mass is 496 g/mol. The summed E-state index contributed by atoms with van der Waals surface area (Å²) in [6.07, 6.45) is 0. The van der Waals surface area contributed by atoms with Crippen molar-refractivity contribution in [1.29, 1.82) is 0 Å². The summed E-state index contributed by atoms with van der Waals surface area (Å²) in [5.74, 6) is -1.78. The molecule has 0 fully saturated rings. The first-order valence-corrected chi connectivity index (χ1v) is 11.5. The molecule has 0 radical (unpaired) electrons. The number of carbonyl (C=O) groups excluding carboxylic acids is 3. The zero-order chi connectivity index (χ0) is 26.2. The minimum absolute atomic E-state index is 0.292. The fourth-order valence-electron chi connectivity index (χ4n) is 3.43. The van der Waals surface area contributed by atoms with Crippen LogP contribution in [0.3, 0.4) is 0 Å². The number of hydrogen-bond acceptors (Lipinski definition) is 6. The molecule has 9 nitrogen and oxygen atoms in total. The first-order chi connectivity index (χ1) is 17.2. The summed E-state index contributed by atoms with van der Waals surface area (Å²) >= 11 is 0. The average Bonchev–Trinajstić information content (AvgIpc) is 3.21. The second-order valence-corrected chi connectivity index (χ2v) is 8.34. The van der Waals surface area contributed by atoms with Crippen molar-refractivity contribution in [2.24, 2.45) is 5.92 Å². The number of aryl methyl sites for hydroxylation is 1. The quantitative estimate of drug-likeness (QED) is 0.415. The molecule has 10 heteroatoms. The van der Waals surface area contributed by atoms with Crippen molar-refractivity contribution in [3.63, 3.8) is 0 Å². The predicted octanol–water partition coefficient (Wildman–Crippen LogP) is 3.65. The summed E-state index contributed by atoms with van der Waals surface area (Å²) in [4.78, 5) is 38.1. The van der Waals surface area contributed by atoms with E-state index in [4.69, 9.17) is 9.47 Å².